The molecular formula is C18H20N4O2. The minimum Gasteiger partial charge on any atom is -0.390 e. The first-order valence-corrected chi connectivity index (χ1v) is 8.05. The van der Waals surface area contributed by atoms with Crippen LogP contribution in [0.4, 0.5) is 5.82 Å². The zero-order valence-electron chi connectivity index (χ0n) is 13.5. The van der Waals surface area contributed by atoms with Gasteiger partial charge >= 0.3 is 0 Å². The Morgan fingerprint density at radius 3 is 3.04 bits per heavy atom. The standard InChI is InChI=1S/C18H20N4O2/c1-24-11-18(13-5-6-14-15(10-13)21-12-20-14)16(23)7-9-22(18)17-4-2-3-8-19-17/h2-6,8,10,12,16,23H,7,9,11H2,1H3,(H,20,21). The van der Waals surface area contributed by atoms with Crippen molar-refractivity contribution >= 4 is 16.9 Å². The number of rotatable bonds is 4. The molecular weight excluding hydrogens is 304 g/mol. The van der Waals surface area contributed by atoms with Gasteiger partial charge in [-0.05, 0) is 36.2 Å². The predicted octanol–water partition coefficient (Wildman–Crippen LogP) is 2.07. The van der Waals surface area contributed by atoms with Crippen molar-refractivity contribution in [1.29, 1.82) is 0 Å². The van der Waals surface area contributed by atoms with Crippen LogP contribution in [0.3, 0.4) is 0 Å². The number of aromatic amines is 1. The van der Waals surface area contributed by atoms with Gasteiger partial charge in [0.2, 0.25) is 0 Å². The molecule has 0 bridgehead atoms. The molecule has 3 aromatic rings. The Hall–Kier alpha value is -2.44. The Kier molecular flexibility index (Phi) is 3.70. The van der Waals surface area contributed by atoms with Gasteiger partial charge in [-0.2, -0.15) is 0 Å². The first-order valence-electron chi connectivity index (χ1n) is 8.05. The van der Waals surface area contributed by atoms with Crippen molar-refractivity contribution in [3.05, 3.63) is 54.5 Å². The fourth-order valence-corrected chi connectivity index (χ4v) is 3.73. The van der Waals surface area contributed by atoms with E-state index in [1.807, 2.05) is 36.4 Å². The molecule has 2 aromatic heterocycles. The fourth-order valence-electron chi connectivity index (χ4n) is 3.73. The van der Waals surface area contributed by atoms with E-state index in [9.17, 15) is 5.11 Å². The summed E-state index contributed by atoms with van der Waals surface area (Å²) in [5.41, 5.74) is 2.19. The first kappa shape index (κ1) is 15.1. The molecule has 0 spiro atoms. The number of hydrogen-bond acceptors (Lipinski definition) is 5. The van der Waals surface area contributed by atoms with E-state index in [4.69, 9.17) is 4.74 Å². The van der Waals surface area contributed by atoms with Crippen LogP contribution in [0.2, 0.25) is 0 Å². The first-order chi connectivity index (χ1) is 11.8. The van der Waals surface area contributed by atoms with E-state index in [-0.39, 0.29) is 0 Å². The smallest absolute Gasteiger partial charge is 0.129 e. The molecule has 24 heavy (non-hydrogen) atoms. The summed E-state index contributed by atoms with van der Waals surface area (Å²) in [5.74, 6) is 0.843. The van der Waals surface area contributed by atoms with Crippen LogP contribution in [-0.4, -0.2) is 46.4 Å². The molecule has 0 amide bonds. The van der Waals surface area contributed by atoms with E-state index in [2.05, 4.69) is 19.9 Å². The average Bonchev–Trinajstić information content (AvgIpc) is 3.21. The molecule has 1 fully saturated rings. The van der Waals surface area contributed by atoms with Crippen molar-refractivity contribution in [2.45, 2.75) is 18.1 Å². The summed E-state index contributed by atoms with van der Waals surface area (Å²) in [6.07, 6.45) is 3.58. The van der Waals surface area contributed by atoms with Crippen LogP contribution in [0, 0.1) is 0 Å². The minimum atomic E-state index is -0.664. The van der Waals surface area contributed by atoms with Gasteiger partial charge in [0.25, 0.3) is 0 Å². The van der Waals surface area contributed by atoms with Gasteiger partial charge in [-0.25, -0.2) is 9.97 Å². The molecule has 0 aliphatic carbocycles. The van der Waals surface area contributed by atoms with Crippen LogP contribution in [-0.2, 0) is 10.3 Å². The van der Waals surface area contributed by atoms with Crippen molar-refractivity contribution < 1.29 is 9.84 Å². The zero-order chi connectivity index (χ0) is 16.6. The van der Waals surface area contributed by atoms with E-state index >= 15 is 0 Å². The number of aliphatic hydroxyl groups excluding tert-OH is 1. The van der Waals surface area contributed by atoms with Crippen LogP contribution >= 0.6 is 0 Å². The summed E-state index contributed by atoms with van der Waals surface area (Å²) >= 11 is 0. The van der Waals surface area contributed by atoms with Crippen molar-refractivity contribution in [2.24, 2.45) is 0 Å². The summed E-state index contributed by atoms with van der Waals surface area (Å²) in [6, 6.07) is 11.9. The number of aromatic nitrogens is 3. The quantitative estimate of drug-likeness (QED) is 0.768. The number of pyridine rings is 1. The number of methoxy groups -OCH3 is 1. The Bertz CT molecular complexity index is 835. The molecule has 2 unspecified atom stereocenters. The van der Waals surface area contributed by atoms with E-state index in [0.717, 1.165) is 29.0 Å². The van der Waals surface area contributed by atoms with E-state index in [1.54, 1.807) is 19.6 Å². The normalized spacial score (nSPS) is 23.9. The molecule has 6 heteroatoms. The summed E-state index contributed by atoms with van der Waals surface area (Å²) in [5, 5.41) is 10.9. The number of hydrogen-bond donors (Lipinski definition) is 2. The number of anilines is 1. The second-order valence-corrected chi connectivity index (χ2v) is 6.14. The number of nitrogens with zero attached hydrogens (tertiary/aromatic N) is 3. The number of benzene rings is 1. The summed E-state index contributed by atoms with van der Waals surface area (Å²) in [4.78, 5) is 14.1. The average molecular weight is 324 g/mol. The molecule has 1 saturated heterocycles. The number of imidazole rings is 1. The van der Waals surface area contributed by atoms with Gasteiger partial charge in [-0.15, -0.1) is 0 Å². The molecule has 3 heterocycles. The van der Waals surface area contributed by atoms with Gasteiger partial charge < -0.3 is 19.7 Å². The van der Waals surface area contributed by atoms with Gasteiger partial charge in [0.05, 0.1) is 30.1 Å². The third-order valence-corrected chi connectivity index (χ3v) is 4.87. The van der Waals surface area contributed by atoms with Crippen molar-refractivity contribution in [3.8, 4) is 0 Å². The lowest BCUT2D eigenvalue weighted by molar-refractivity contribution is 0.0417. The molecule has 4 rings (SSSR count). The summed E-state index contributed by atoms with van der Waals surface area (Å²) in [7, 11) is 1.66. The van der Waals surface area contributed by atoms with Crippen molar-refractivity contribution in [1.82, 2.24) is 15.0 Å². The lowest BCUT2D eigenvalue weighted by atomic mass is 9.85. The third-order valence-electron chi connectivity index (χ3n) is 4.87. The highest BCUT2D eigenvalue weighted by atomic mass is 16.5. The maximum absolute atomic E-state index is 10.9. The van der Waals surface area contributed by atoms with Crippen LogP contribution < -0.4 is 4.90 Å². The molecule has 2 N–H and O–H groups in total. The number of fused-ring (bicyclic) bond motifs is 1. The third kappa shape index (κ3) is 2.18. The highest BCUT2D eigenvalue weighted by Crippen LogP contribution is 2.42. The van der Waals surface area contributed by atoms with Crippen LogP contribution in [0.25, 0.3) is 11.0 Å². The highest BCUT2D eigenvalue weighted by Gasteiger charge is 2.50. The van der Waals surface area contributed by atoms with Gasteiger partial charge in [0.1, 0.15) is 11.4 Å². The second kappa shape index (κ2) is 5.89. The van der Waals surface area contributed by atoms with Crippen molar-refractivity contribution in [3.63, 3.8) is 0 Å². The Balaban J connectivity index is 1.88. The predicted molar refractivity (Wildman–Crippen MR) is 91.9 cm³/mol. The maximum Gasteiger partial charge on any atom is 0.129 e. The van der Waals surface area contributed by atoms with E-state index < -0.39 is 11.6 Å². The number of ether oxygens (including phenoxy) is 1. The molecule has 0 saturated carbocycles. The topological polar surface area (TPSA) is 74.3 Å². The molecule has 124 valence electrons. The highest BCUT2D eigenvalue weighted by molar-refractivity contribution is 5.76. The molecule has 1 aromatic carbocycles. The molecule has 6 nitrogen and oxygen atoms in total. The van der Waals surface area contributed by atoms with Crippen LogP contribution in [0.5, 0.6) is 0 Å². The van der Waals surface area contributed by atoms with Crippen LogP contribution in [0.1, 0.15) is 12.0 Å². The second-order valence-electron chi connectivity index (χ2n) is 6.14. The zero-order valence-corrected chi connectivity index (χ0v) is 13.5. The fraction of sp³-hybridized carbons (Fsp3) is 0.333. The SMILES string of the molecule is COCC1(c2ccc3nc[nH]c3c2)C(O)CCN1c1ccccn1. The largest absolute Gasteiger partial charge is 0.390 e. The van der Waals surface area contributed by atoms with E-state index in [0.29, 0.717) is 13.0 Å². The number of aliphatic hydroxyl groups is 1. The maximum atomic E-state index is 10.9. The summed E-state index contributed by atoms with van der Waals surface area (Å²) in [6.45, 7) is 1.10. The number of nitrogens with one attached hydrogen (secondary N) is 1. The van der Waals surface area contributed by atoms with Crippen LogP contribution in [0.15, 0.2) is 48.9 Å². The number of H-pyrrole nitrogens is 1. The Labute approximate surface area is 140 Å². The monoisotopic (exact) mass is 324 g/mol. The van der Waals surface area contributed by atoms with Gasteiger partial charge in [-0.3, -0.25) is 0 Å². The lowest BCUT2D eigenvalue weighted by Crippen LogP contribution is -2.51. The minimum absolute atomic E-state index is 0.379. The van der Waals surface area contributed by atoms with Gasteiger partial charge in [0, 0.05) is 19.9 Å². The summed E-state index contributed by atoms with van der Waals surface area (Å²) < 4.78 is 5.54. The molecule has 1 aliphatic heterocycles. The lowest BCUT2D eigenvalue weighted by Gasteiger charge is -2.41. The molecule has 1 aliphatic rings. The molecule has 2 atom stereocenters. The Morgan fingerprint density at radius 2 is 2.25 bits per heavy atom. The van der Waals surface area contributed by atoms with Gasteiger partial charge in [-0.1, -0.05) is 12.1 Å². The van der Waals surface area contributed by atoms with E-state index in [1.165, 1.54) is 0 Å². The van der Waals surface area contributed by atoms with Crippen molar-refractivity contribution in [2.75, 3.05) is 25.2 Å². The molecule has 0 radical (unpaired) electrons. The van der Waals surface area contributed by atoms with Gasteiger partial charge in [0.15, 0.2) is 0 Å². The Morgan fingerprint density at radius 1 is 1.33 bits per heavy atom.